The van der Waals surface area contributed by atoms with Gasteiger partial charge in [0.2, 0.25) is 0 Å². The highest BCUT2D eigenvalue weighted by atomic mass is 15.1. The molecule has 48 heavy (non-hydrogen) atoms. The van der Waals surface area contributed by atoms with Crippen molar-refractivity contribution in [3.8, 4) is 0 Å². The molecule has 0 saturated carbocycles. The minimum Gasteiger partial charge on any atom is -0.315 e. The van der Waals surface area contributed by atoms with Crippen LogP contribution in [0.2, 0.25) is 0 Å². The van der Waals surface area contributed by atoms with E-state index in [-0.39, 0.29) is 10.8 Å². The molecule has 0 aliphatic heterocycles. The zero-order valence-corrected chi connectivity index (χ0v) is 29.3. The number of hydrogen-bond donors (Lipinski definition) is 0. The Morgan fingerprint density at radius 1 is 0.542 bits per heavy atom. The fourth-order valence-electron chi connectivity index (χ4n) is 6.40. The average molecular weight is 629 g/mol. The number of para-hydroxylation sites is 2. The van der Waals surface area contributed by atoms with E-state index in [1.165, 1.54) is 22.3 Å². The highest BCUT2D eigenvalue weighted by molar-refractivity contribution is 5.76. The SMILES string of the molecule is C=C/C=C(\C)N(C(=C)/C=C\C)c1ccc(C(C)(C)c2ccc(C(C)(C)c3ccc(N(c4ccccc4)c4ccccc4)cc3)cc2)cc1. The van der Waals surface area contributed by atoms with Gasteiger partial charge in [0.05, 0.1) is 0 Å². The summed E-state index contributed by atoms with van der Waals surface area (Å²) in [6.45, 7) is 21.5. The second-order valence-electron chi connectivity index (χ2n) is 13.3. The Kier molecular flexibility index (Phi) is 10.4. The third kappa shape index (κ3) is 7.14. The molecule has 0 aromatic heterocycles. The van der Waals surface area contributed by atoms with Crippen LogP contribution >= 0.6 is 0 Å². The third-order valence-corrected chi connectivity index (χ3v) is 9.41. The second kappa shape index (κ2) is 14.6. The van der Waals surface area contributed by atoms with Crippen molar-refractivity contribution < 1.29 is 0 Å². The summed E-state index contributed by atoms with van der Waals surface area (Å²) in [4.78, 5) is 4.46. The van der Waals surface area contributed by atoms with Crippen LogP contribution in [0.5, 0.6) is 0 Å². The monoisotopic (exact) mass is 628 g/mol. The zero-order chi connectivity index (χ0) is 34.3. The topological polar surface area (TPSA) is 6.48 Å². The summed E-state index contributed by atoms with van der Waals surface area (Å²) in [5, 5.41) is 0. The fraction of sp³-hybridized carbons (Fsp3) is 0.174. The normalized spacial score (nSPS) is 12.2. The van der Waals surface area contributed by atoms with Crippen molar-refractivity contribution in [2.75, 3.05) is 9.80 Å². The third-order valence-electron chi connectivity index (χ3n) is 9.41. The lowest BCUT2D eigenvalue weighted by Gasteiger charge is -2.31. The van der Waals surface area contributed by atoms with Crippen LogP contribution in [0.25, 0.3) is 0 Å². The van der Waals surface area contributed by atoms with Gasteiger partial charge >= 0.3 is 0 Å². The highest BCUT2D eigenvalue weighted by Crippen LogP contribution is 2.39. The molecule has 0 heterocycles. The molecule has 5 aromatic carbocycles. The molecule has 5 aromatic rings. The maximum absolute atomic E-state index is 4.29. The molecule has 2 heteroatoms. The Bertz CT molecular complexity index is 1830. The van der Waals surface area contributed by atoms with E-state index in [0.29, 0.717) is 0 Å². The first-order valence-corrected chi connectivity index (χ1v) is 16.7. The van der Waals surface area contributed by atoms with Crippen LogP contribution in [0.3, 0.4) is 0 Å². The van der Waals surface area contributed by atoms with Gasteiger partial charge in [-0.25, -0.2) is 0 Å². The lowest BCUT2D eigenvalue weighted by Crippen LogP contribution is -2.22. The van der Waals surface area contributed by atoms with Gasteiger partial charge in [-0.05, 0) is 96.8 Å². The van der Waals surface area contributed by atoms with Crippen LogP contribution in [0.15, 0.2) is 182 Å². The van der Waals surface area contributed by atoms with Crippen LogP contribution in [0, 0.1) is 0 Å². The number of rotatable bonds is 12. The molecule has 0 radical (unpaired) electrons. The lowest BCUT2D eigenvalue weighted by molar-refractivity contribution is 0.626. The Hall–Kier alpha value is -5.34. The van der Waals surface area contributed by atoms with Gasteiger partial charge in [-0.3, -0.25) is 0 Å². The van der Waals surface area contributed by atoms with Gasteiger partial charge in [-0.2, -0.15) is 0 Å². The second-order valence-corrected chi connectivity index (χ2v) is 13.3. The molecule has 0 atom stereocenters. The van der Waals surface area contributed by atoms with Gasteiger partial charge < -0.3 is 9.80 Å². The Morgan fingerprint density at radius 2 is 0.896 bits per heavy atom. The predicted molar refractivity (Wildman–Crippen MR) is 209 cm³/mol. The van der Waals surface area contributed by atoms with E-state index >= 15 is 0 Å². The van der Waals surface area contributed by atoms with Crippen molar-refractivity contribution >= 4 is 22.7 Å². The molecule has 242 valence electrons. The Morgan fingerprint density at radius 3 is 1.27 bits per heavy atom. The van der Waals surface area contributed by atoms with E-state index in [4.69, 9.17) is 0 Å². The van der Waals surface area contributed by atoms with Crippen LogP contribution in [-0.2, 0) is 10.8 Å². The number of allylic oxidation sites excluding steroid dienone is 5. The van der Waals surface area contributed by atoms with E-state index in [1.807, 2.05) is 31.2 Å². The number of benzene rings is 5. The molecule has 0 saturated heterocycles. The first-order chi connectivity index (χ1) is 23.1. The van der Waals surface area contributed by atoms with Gasteiger partial charge in [-0.15, -0.1) is 0 Å². The van der Waals surface area contributed by atoms with E-state index in [2.05, 4.69) is 191 Å². The van der Waals surface area contributed by atoms with Gasteiger partial charge in [0.25, 0.3) is 0 Å². The van der Waals surface area contributed by atoms with Crippen molar-refractivity contribution in [3.05, 3.63) is 205 Å². The van der Waals surface area contributed by atoms with Crippen molar-refractivity contribution in [1.82, 2.24) is 0 Å². The van der Waals surface area contributed by atoms with Crippen molar-refractivity contribution in [3.63, 3.8) is 0 Å². The summed E-state index contributed by atoms with van der Waals surface area (Å²) in [6, 6.07) is 48.1. The molecule has 0 aliphatic rings. The first-order valence-electron chi connectivity index (χ1n) is 16.7. The van der Waals surface area contributed by atoms with Crippen LogP contribution in [0.1, 0.15) is 63.8 Å². The standard InChI is InChI=1S/C46H48N2/c1-9-17-35(3)47(36(4)18-10-2)43-31-27-39(28-32-43)45(5,6)37-23-25-38(26-24-37)46(7,8)40-29-33-44(34-30-40)48(41-19-13-11-14-20-41)42-21-15-12-16-22-42/h9-34H,1,4H2,2-3,5-8H3/b18-10-,35-17+. The molecule has 5 rings (SSSR count). The zero-order valence-electron chi connectivity index (χ0n) is 29.3. The van der Waals surface area contributed by atoms with Crippen LogP contribution < -0.4 is 9.80 Å². The van der Waals surface area contributed by atoms with Crippen molar-refractivity contribution in [2.45, 2.75) is 52.4 Å². The van der Waals surface area contributed by atoms with Gasteiger partial charge in [0.1, 0.15) is 0 Å². The molecule has 0 N–H and O–H groups in total. The summed E-state index contributed by atoms with van der Waals surface area (Å²) in [6.07, 6.45) is 7.86. The van der Waals surface area contributed by atoms with Crippen LogP contribution in [-0.4, -0.2) is 0 Å². The van der Waals surface area contributed by atoms with E-state index in [1.54, 1.807) is 0 Å². The minimum absolute atomic E-state index is 0.164. The number of anilines is 4. The quantitative estimate of drug-likeness (QED) is 0.127. The Balaban J connectivity index is 1.38. The smallest absolute Gasteiger partial charge is 0.0461 e. The molecular formula is C46H48N2. The Labute approximate surface area is 288 Å². The maximum Gasteiger partial charge on any atom is 0.0461 e. The van der Waals surface area contributed by atoms with Crippen molar-refractivity contribution in [1.29, 1.82) is 0 Å². The van der Waals surface area contributed by atoms with E-state index < -0.39 is 0 Å². The molecular weight excluding hydrogens is 581 g/mol. The van der Waals surface area contributed by atoms with E-state index in [9.17, 15) is 0 Å². The number of nitrogens with zero attached hydrogens (tertiary/aromatic N) is 2. The minimum atomic E-state index is -0.168. The van der Waals surface area contributed by atoms with Gasteiger partial charge in [0.15, 0.2) is 0 Å². The summed E-state index contributed by atoms with van der Waals surface area (Å²) in [7, 11) is 0. The molecule has 0 amide bonds. The number of hydrogen-bond acceptors (Lipinski definition) is 2. The van der Waals surface area contributed by atoms with Crippen LogP contribution in [0.4, 0.5) is 22.7 Å². The molecule has 0 fully saturated rings. The highest BCUT2D eigenvalue weighted by Gasteiger charge is 2.27. The molecule has 2 nitrogen and oxygen atoms in total. The summed E-state index contributed by atoms with van der Waals surface area (Å²) in [5.41, 5.74) is 11.2. The average Bonchev–Trinajstić information content (AvgIpc) is 3.10. The van der Waals surface area contributed by atoms with Gasteiger partial charge in [0, 0.05) is 45.0 Å². The molecule has 0 aliphatic carbocycles. The predicted octanol–water partition coefficient (Wildman–Crippen LogP) is 12.8. The summed E-state index contributed by atoms with van der Waals surface area (Å²) < 4.78 is 0. The molecule has 0 bridgehead atoms. The summed E-state index contributed by atoms with van der Waals surface area (Å²) in [5.74, 6) is 0. The molecule has 0 unspecified atom stereocenters. The first kappa shape index (κ1) is 34.0. The van der Waals surface area contributed by atoms with Crippen molar-refractivity contribution in [2.24, 2.45) is 0 Å². The summed E-state index contributed by atoms with van der Waals surface area (Å²) >= 11 is 0. The van der Waals surface area contributed by atoms with Gasteiger partial charge in [-0.1, -0.05) is 138 Å². The maximum atomic E-state index is 4.29. The largest absolute Gasteiger partial charge is 0.315 e. The lowest BCUT2D eigenvalue weighted by atomic mass is 9.74. The fourth-order valence-corrected chi connectivity index (χ4v) is 6.40. The molecule has 0 spiro atoms. The van der Waals surface area contributed by atoms with E-state index in [0.717, 1.165) is 34.1 Å².